The van der Waals surface area contributed by atoms with Gasteiger partial charge in [0.25, 0.3) is 5.91 Å². The predicted molar refractivity (Wildman–Crippen MR) is 96.5 cm³/mol. The van der Waals surface area contributed by atoms with Crippen LogP contribution in [0.4, 0.5) is 5.69 Å². The SMILES string of the molecule is CCOC(=O)[C@H]1C(=O)C(=O)N(c2ccccc2)[C@@H]1c1ccc(O)c(OC)c1. The molecule has 2 aromatic carbocycles. The Morgan fingerprint density at radius 1 is 1.15 bits per heavy atom. The molecule has 0 bridgehead atoms. The molecule has 3 rings (SSSR count). The van der Waals surface area contributed by atoms with E-state index in [4.69, 9.17) is 9.47 Å². The molecule has 1 fully saturated rings. The zero-order chi connectivity index (χ0) is 19.6. The Kier molecular flexibility index (Phi) is 5.12. The topological polar surface area (TPSA) is 93.1 Å². The van der Waals surface area contributed by atoms with Gasteiger partial charge in [0, 0.05) is 5.69 Å². The Morgan fingerprint density at radius 3 is 2.48 bits per heavy atom. The highest BCUT2D eigenvalue weighted by Gasteiger charge is 2.53. The molecule has 1 N–H and O–H groups in total. The van der Waals surface area contributed by atoms with Crippen molar-refractivity contribution in [1.82, 2.24) is 0 Å². The number of nitrogens with zero attached hydrogens (tertiary/aromatic N) is 1. The summed E-state index contributed by atoms with van der Waals surface area (Å²) in [6, 6.07) is 12.2. The highest BCUT2D eigenvalue weighted by Crippen LogP contribution is 2.42. The molecule has 1 aliphatic rings. The predicted octanol–water partition coefficient (Wildman–Crippen LogP) is 2.24. The van der Waals surface area contributed by atoms with Gasteiger partial charge in [-0.05, 0) is 36.8 Å². The highest BCUT2D eigenvalue weighted by molar-refractivity contribution is 6.47. The molecule has 0 aromatic heterocycles. The van der Waals surface area contributed by atoms with Crippen molar-refractivity contribution in [2.75, 3.05) is 18.6 Å². The number of para-hydroxylation sites is 1. The van der Waals surface area contributed by atoms with E-state index in [1.54, 1.807) is 43.3 Å². The molecule has 0 saturated carbocycles. The number of phenols is 1. The van der Waals surface area contributed by atoms with E-state index in [-0.39, 0.29) is 18.1 Å². The molecule has 1 saturated heterocycles. The molecule has 0 spiro atoms. The van der Waals surface area contributed by atoms with Crippen molar-refractivity contribution in [2.24, 2.45) is 5.92 Å². The minimum atomic E-state index is -1.30. The number of carbonyl (C=O) groups excluding carboxylic acids is 3. The number of amides is 1. The van der Waals surface area contributed by atoms with Gasteiger partial charge < -0.3 is 14.6 Å². The van der Waals surface area contributed by atoms with Crippen LogP contribution in [0.25, 0.3) is 0 Å². The summed E-state index contributed by atoms with van der Waals surface area (Å²) >= 11 is 0. The number of ether oxygens (including phenoxy) is 2. The van der Waals surface area contributed by atoms with Crippen molar-refractivity contribution in [3.8, 4) is 11.5 Å². The van der Waals surface area contributed by atoms with Crippen molar-refractivity contribution in [1.29, 1.82) is 0 Å². The summed E-state index contributed by atoms with van der Waals surface area (Å²) < 4.78 is 10.2. The van der Waals surface area contributed by atoms with Gasteiger partial charge in [0.05, 0.1) is 19.8 Å². The Morgan fingerprint density at radius 2 is 1.85 bits per heavy atom. The number of ketones is 1. The molecular formula is C20H19NO6. The number of anilines is 1. The first-order valence-corrected chi connectivity index (χ1v) is 8.45. The third kappa shape index (κ3) is 3.23. The van der Waals surface area contributed by atoms with E-state index >= 15 is 0 Å². The summed E-state index contributed by atoms with van der Waals surface area (Å²) in [5, 5.41) is 9.86. The van der Waals surface area contributed by atoms with Gasteiger partial charge in [-0.25, -0.2) is 0 Å². The zero-order valence-corrected chi connectivity index (χ0v) is 14.9. The largest absolute Gasteiger partial charge is 0.504 e. The first-order chi connectivity index (χ1) is 13.0. The molecule has 0 aliphatic carbocycles. The normalized spacial score (nSPS) is 19.3. The van der Waals surface area contributed by atoms with Crippen LogP contribution in [0.2, 0.25) is 0 Å². The van der Waals surface area contributed by atoms with E-state index in [0.717, 1.165) is 0 Å². The van der Waals surface area contributed by atoms with E-state index in [2.05, 4.69) is 0 Å². The minimum Gasteiger partial charge on any atom is -0.504 e. The zero-order valence-electron chi connectivity index (χ0n) is 14.9. The summed E-state index contributed by atoms with van der Waals surface area (Å²) in [6.45, 7) is 1.72. The lowest BCUT2D eigenvalue weighted by Crippen LogP contribution is -2.31. The number of phenolic OH excluding ortho intramolecular Hbond substituents is 1. The van der Waals surface area contributed by atoms with Gasteiger partial charge in [-0.15, -0.1) is 0 Å². The summed E-state index contributed by atoms with van der Waals surface area (Å²) in [7, 11) is 1.39. The maximum absolute atomic E-state index is 12.7. The van der Waals surface area contributed by atoms with Crippen LogP contribution in [-0.2, 0) is 19.1 Å². The molecule has 1 heterocycles. The molecule has 7 heteroatoms. The van der Waals surface area contributed by atoms with E-state index in [0.29, 0.717) is 11.3 Å². The van der Waals surface area contributed by atoms with Crippen molar-refractivity contribution < 1.29 is 29.0 Å². The van der Waals surface area contributed by atoms with Crippen LogP contribution in [0, 0.1) is 5.92 Å². The average molecular weight is 369 g/mol. The summed E-state index contributed by atoms with van der Waals surface area (Å²) in [5.74, 6) is -3.57. The number of benzene rings is 2. The molecule has 2 aromatic rings. The number of hydrogen-bond donors (Lipinski definition) is 1. The van der Waals surface area contributed by atoms with Crippen molar-refractivity contribution >= 4 is 23.3 Å². The van der Waals surface area contributed by atoms with Crippen LogP contribution >= 0.6 is 0 Å². The second kappa shape index (κ2) is 7.49. The van der Waals surface area contributed by atoms with Gasteiger partial charge in [-0.2, -0.15) is 0 Å². The number of esters is 1. The second-order valence-corrected chi connectivity index (χ2v) is 5.98. The molecule has 1 aliphatic heterocycles. The Hall–Kier alpha value is -3.35. The fourth-order valence-corrected chi connectivity index (χ4v) is 3.22. The van der Waals surface area contributed by atoms with Crippen molar-refractivity contribution in [2.45, 2.75) is 13.0 Å². The highest BCUT2D eigenvalue weighted by atomic mass is 16.5. The van der Waals surface area contributed by atoms with E-state index in [1.165, 1.54) is 24.1 Å². The first-order valence-electron chi connectivity index (χ1n) is 8.45. The number of carbonyl (C=O) groups is 3. The van der Waals surface area contributed by atoms with Crippen LogP contribution in [0.3, 0.4) is 0 Å². The smallest absolute Gasteiger partial charge is 0.319 e. The Balaban J connectivity index is 2.16. The minimum absolute atomic E-state index is 0.0872. The molecule has 7 nitrogen and oxygen atoms in total. The van der Waals surface area contributed by atoms with Gasteiger partial charge in [0.15, 0.2) is 11.5 Å². The van der Waals surface area contributed by atoms with Crippen LogP contribution in [0.1, 0.15) is 18.5 Å². The molecule has 2 atom stereocenters. The average Bonchev–Trinajstić information content (AvgIpc) is 2.94. The third-order valence-electron chi connectivity index (χ3n) is 4.43. The first kappa shape index (κ1) is 18.4. The fourth-order valence-electron chi connectivity index (χ4n) is 3.22. The summed E-state index contributed by atoms with van der Waals surface area (Å²) in [6.07, 6.45) is 0. The molecule has 27 heavy (non-hydrogen) atoms. The van der Waals surface area contributed by atoms with E-state index < -0.39 is 29.6 Å². The number of Topliss-reactive ketones (excluding diaryl/α,β-unsaturated/α-hetero) is 1. The van der Waals surface area contributed by atoms with Gasteiger partial charge in [0.1, 0.15) is 5.92 Å². The monoisotopic (exact) mass is 369 g/mol. The molecule has 140 valence electrons. The van der Waals surface area contributed by atoms with Crippen molar-refractivity contribution in [3.63, 3.8) is 0 Å². The summed E-state index contributed by atoms with van der Waals surface area (Å²) in [4.78, 5) is 39.1. The van der Waals surface area contributed by atoms with Crippen molar-refractivity contribution in [3.05, 3.63) is 54.1 Å². The standard InChI is InChI=1S/C20H19NO6/c1-3-27-20(25)16-17(12-9-10-14(22)15(11-12)26-2)21(19(24)18(16)23)13-7-5-4-6-8-13/h4-11,16-17,22H,3H2,1-2H3/t16-,17-/m1/s1. The van der Waals surface area contributed by atoms with Crippen LogP contribution in [-0.4, -0.2) is 36.5 Å². The lowest BCUT2D eigenvalue weighted by atomic mass is 9.92. The lowest BCUT2D eigenvalue weighted by molar-refractivity contribution is -0.152. The van der Waals surface area contributed by atoms with Crippen LogP contribution < -0.4 is 9.64 Å². The van der Waals surface area contributed by atoms with E-state index in [1.807, 2.05) is 0 Å². The second-order valence-electron chi connectivity index (χ2n) is 5.98. The molecule has 1 amide bonds. The molecular weight excluding hydrogens is 350 g/mol. The number of hydrogen-bond acceptors (Lipinski definition) is 6. The summed E-state index contributed by atoms with van der Waals surface area (Å²) in [5.41, 5.74) is 0.963. The van der Waals surface area contributed by atoms with Gasteiger partial charge in [0.2, 0.25) is 5.78 Å². The Labute approximate surface area is 156 Å². The van der Waals surface area contributed by atoms with Gasteiger partial charge in [-0.3, -0.25) is 19.3 Å². The Bertz CT molecular complexity index is 879. The van der Waals surface area contributed by atoms with Gasteiger partial charge in [-0.1, -0.05) is 24.3 Å². The number of rotatable bonds is 5. The number of methoxy groups -OCH3 is 1. The third-order valence-corrected chi connectivity index (χ3v) is 4.43. The molecule has 0 unspecified atom stereocenters. The van der Waals surface area contributed by atoms with Crippen LogP contribution in [0.5, 0.6) is 11.5 Å². The quantitative estimate of drug-likeness (QED) is 0.494. The molecule has 0 radical (unpaired) electrons. The lowest BCUT2D eigenvalue weighted by Gasteiger charge is -2.27. The number of aromatic hydroxyl groups is 1. The van der Waals surface area contributed by atoms with Gasteiger partial charge >= 0.3 is 5.97 Å². The maximum Gasteiger partial charge on any atom is 0.319 e. The van der Waals surface area contributed by atoms with Crippen LogP contribution in [0.15, 0.2) is 48.5 Å². The fraction of sp³-hybridized carbons (Fsp3) is 0.250. The maximum atomic E-state index is 12.7. The van der Waals surface area contributed by atoms with E-state index in [9.17, 15) is 19.5 Å².